The van der Waals surface area contributed by atoms with Crippen molar-refractivity contribution in [1.82, 2.24) is 0 Å². The third kappa shape index (κ3) is 3.31. The van der Waals surface area contributed by atoms with E-state index < -0.39 is 0 Å². The molecule has 1 nitrogen and oxygen atoms in total. The Morgan fingerprint density at radius 2 is 1.16 bits per heavy atom. The van der Waals surface area contributed by atoms with Crippen LogP contribution in [0.1, 0.15) is 45.0 Å². The summed E-state index contributed by atoms with van der Waals surface area (Å²) in [5.41, 5.74) is 5.62. The third-order valence-corrected chi connectivity index (χ3v) is 6.88. The molecular formula is C30H26O. The molecule has 2 atom stereocenters. The molecule has 152 valence electrons. The zero-order valence-electron chi connectivity index (χ0n) is 17.7. The van der Waals surface area contributed by atoms with E-state index in [0.29, 0.717) is 0 Å². The van der Waals surface area contributed by atoms with Gasteiger partial charge in [-0.3, -0.25) is 4.79 Å². The maximum absolute atomic E-state index is 13.6. The van der Waals surface area contributed by atoms with Gasteiger partial charge in [-0.2, -0.15) is 0 Å². The molecule has 4 aromatic rings. The fraction of sp³-hybridized carbons (Fsp3) is 0.167. The SMILES string of the molecule is Cc1ccc([C@H]2C(C(=O)c3ccccc3)CC2(c2ccccc2)c2ccccc2)cc1. The van der Waals surface area contributed by atoms with Gasteiger partial charge in [0.2, 0.25) is 0 Å². The van der Waals surface area contributed by atoms with Crippen molar-refractivity contribution in [3.05, 3.63) is 143 Å². The van der Waals surface area contributed by atoms with Crippen LogP contribution in [0, 0.1) is 12.8 Å². The Hall–Kier alpha value is -3.45. The monoisotopic (exact) mass is 402 g/mol. The van der Waals surface area contributed by atoms with Crippen LogP contribution < -0.4 is 0 Å². The minimum absolute atomic E-state index is 0.0504. The quantitative estimate of drug-likeness (QED) is 0.330. The lowest BCUT2D eigenvalue weighted by Gasteiger charge is -2.56. The van der Waals surface area contributed by atoms with Crippen LogP contribution in [0.25, 0.3) is 0 Å². The first-order chi connectivity index (χ1) is 15.2. The van der Waals surface area contributed by atoms with Gasteiger partial charge in [-0.15, -0.1) is 0 Å². The molecule has 0 N–H and O–H groups in total. The molecule has 5 rings (SSSR count). The Kier molecular flexibility index (Phi) is 5.03. The van der Waals surface area contributed by atoms with Crippen LogP contribution in [0.2, 0.25) is 0 Å². The van der Waals surface area contributed by atoms with Crippen molar-refractivity contribution in [2.24, 2.45) is 5.92 Å². The topological polar surface area (TPSA) is 17.1 Å². The average molecular weight is 403 g/mol. The summed E-state index contributed by atoms with van der Waals surface area (Å²) < 4.78 is 0. The van der Waals surface area contributed by atoms with Gasteiger partial charge in [0.25, 0.3) is 0 Å². The van der Waals surface area contributed by atoms with Crippen molar-refractivity contribution in [2.75, 3.05) is 0 Å². The molecule has 0 bridgehead atoms. The number of benzene rings is 4. The van der Waals surface area contributed by atoms with Gasteiger partial charge in [-0.05, 0) is 30.0 Å². The molecule has 0 aliphatic heterocycles. The molecule has 0 amide bonds. The average Bonchev–Trinajstić information content (AvgIpc) is 2.82. The first-order valence-electron chi connectivity index (χ1n) is 11.0. The Morgan fingerprint density at radius 3 is 1.68 bits per heavy atom. The second-order valence-electron chi connectivity index (χ2n) is 8.63. The van der Waals surface area contributed by atoms with Gasteiger partial charge in [0.1, 0.15) is 0 Å². The van der Waals surface area contributed by atoms with Gasteiger partial charge in [0, 0.05) is 22.8 Å². The maximum Gasteiger partial charge on any atom is 0.166 e. The number of Topliss-reactive ketones (excluding diaryl/α,β-unsaturated/α-hetero) is 1. The Morgan fingerprint density at radius 1 is 0.677 bits per heavy atom. The van der Waals surface area contributed by atoms with Gasteiger partial charge in [-0.1, -0.05) is 121 Å². The molecule has 0 spiro atoms. The van der Waals surface area contributed by atoms with Crippen molar-refractivity contribution in [3.63, 3.8) is 0 Å². The van der Waals surface area contributed by atoms with E-state index in [1.165, 1.54) is 22.3 Å². The van der Waals surface area contributed by atoms with Crippen LogP contribution in [-0.4, -0.2) is 5.78 Å². The highest BCUT2D eigenvalue weighted by atomic mass is 16.1. The van der Waals surface area contributed by atoms with Crippen LogP contribution in [0.15, 0.2) is 115 Å². The van der Waals surface area contributed by atoms with Gasteiger partial charge >= 0.3 is 0 Å². The number of aryl methyl sites for hydroxylation is 1. The van der Waals surface area contributed by atoms with Crippen LogP contribution >= 0.6 is 0 Å². The summed E-state index contributed by atoms with van der Waals surface area (Å²) in [6.45, 7) is 2.11. The summed E-state index contributed by atoms with van der Waals surface area (Å²) in [5.74, 6) is 0.282. The molecule has 0 aromatic heterocycles. The molecule has 1 aliphatic rings. The zero-order chi connectivity index (χ0) is 21.3. The van der Waals surface area contributed by atoms with Crippen molar-refractivity contribution < 1.29 is 4.79 Å². The molecule has 1 fully saturated rings. The second-order valence-corrected chi connectivity index (χ2v) is 8.63. The van der Waals surface area contributed by atoms with E-state index in [-0.39, 0.29) is 23.0 Å². The van der Waals surface area contributed by atoms with Crippen molar-refractivity contribution in [1.29, 1.82) is 0 Å². The number of rotatable bonds is 5. The van der Waals surface area contributed by atoms with Crippen molar-refractivity contribution in [2.45, 2.75) is 24.7 Å². The first kappa shape index (κ1) is 19.5. The number of hydrogen-bond acceptors (Lipinski definition) is 1. The summed E-state index contributed by atoms with van der Waals surface area (Å²) in [6, 6.07) is 40.0. The van der Waals surface area contributed by atoms with E-state index >= 15 is 0 Å². The lowest BCUT2D eigenvalue weighted by molar-refractivity contribution is 0.0671. The highest BCUT2D eigenvalue weighted by Crippen LogP contribution is 2.62. The molecule has 0 radical (unpaired) electrons. The fourth-order valence-corrected chi connectivity index (χ4v) is 5.36. The fourth-order valence-electron chi connectivity index (χ4n) is 5.36. The van der Waals surface area contributed by atoms with Gasteiger partial charge < -0.3 is 0 Å². The zero-order valence-corrected chi connectivity index (χ0v) is 17.7. The van der Waals surface area contributed by atoms with E-state index in [9.17, 15) is 4.79 Å². The standard InChI is InChI=1S/C30H26O/c1-22-17-19-23(20-18-22)28-27(29(31)24-11-5-2-6-12-24)21-30(28,25-13-7-3-8-14-25)26-15-9-4-10-16-26/h2-20,27-28H,21H2,1H3/t27?,28-/m0/s1. The van der Waals surface area contributed by atoms with Crippen molar-refractivity contribution in [3.8, 4) is 0 Å². The predicted molar refractivity (Wildman–Crippen MR) is 126 cm³/mol. The Balaban J connectivity index is 1.68. The highest BCUT2D eigenvalue weighted by Gasteiger charge is 2.58. The molecule has 1 aliphatic carbocycles. The second kappa shape index (κ2) is 8.00. The molecule has 0 saturated heterocycles. The summed E-state index contributed by atoms with van der Waals surface area (Å²) in [7, 11) is 0. The molecule has 1 unspecified atom stereocenters. The lowest BCUT2D eigenvalue weighted by Crippen LogP contribution is -2.53. The van der Waals surface area contributed by atoms with E-state index in [1.807, 2.05) is 30.3 Å². The molecule has 0 heterocycles. The minimum atomic E-state index is -0.215. The number of carbonyl (C=O) groups excluding carboxylic acids is 1. The van der Waals surface area contributed by atoms with E-state index in [1.54, 1.807) is 0 Å². The minimum Gasteiger partial charge on any atom is -0.294 e. The lowest BCUT2D eigenvalue weighted by atomic mass is 9.45. The van der Waals surface area contributed by atoms with Crippen LogP contribution in [0.5, 0.6) is 0 Å². The van der Waals surface area contributed by atoms with E-state index in [4.69, 9.17) is 0 Å². The molecule has 4 aromatic carbocycles. The molecular weight excluding hydrogens is 376 g/mol. The Labute approximate surface area is 184 Å². The summed E-state index contributed by atoms with van der Waals surface area (Å²) in [5, 5.41) is 0. The van der Waals surface area contributed by atoms with Crippen LogP contribution in [0.4, 0.5) is 0 Å². The summed E-state index contributed by atoms with van der Waals surface area (Å²) in [6.07, 6.45) is 0.813. The first-order valence-corrected chi connectivity index (χ1v) is 11.0. The summed E-state index contributed by atoms with van der Waals surface area (Å²) >= 11 is 0. The van der Waals surface area contributed by atoms with Gasteiger partial charge in [0.05, 0.1) is 0 Å². The Bertz CT molecular complexity index is 1120. The van der Waals surface area contributed by atoms with Gasteiger partial charge in [0.15, 0.2) is 5.78 Å². The normalized spacial score (nSPS) is 19.4. The molecule has 31 heavy (non-hydrogen) atoms. The van der Waals surface area contributed by atoms with Crippen LogP contribution in [0.3, 0.4) is 0 Å². The predicted octanol–water partition coefficient (Wildman–Crippen LogP) is 6.97. The number of ketones is 1. The van der Waals surface area contributed by atoms with E-state index in [0.717, 1.165) is 12.0 Å². The molecule has 1 heteroatoms. The summed E-state index contributed by atoms with van der Waals surface area (Å²) in [4.78, 5) is 13.6. The number of carbonyl (C=O) groups is 1. The maximum atomic E-state index is 13.6. The van der Waals surface area contributed by atoms with E-state index in [2.05, 4.69) is 91.9 Å². The largest absolute Gasteiger partial charge is 0.294 e. The number of hydrogen-bond donors (Lipinski definition) is 0. The van der Waals surface area contributed by atoms with Crippen LogP contribution in [-0.2, 0) is 5.41 Å². The highest BCUT2D eigenvalue weighted by molar-refractivity contribution is 5.99. The molecule has 1 saturated carbocycles. The smallest absolute Gasteiger partial charge is 0.166 e. The third-order valence-electron chi connectivity index (χ3n) is 6.88. The van der Waals surface area contributed by atoms with Gasteiger partial charge in [-0.25, -0.2) is 0 Å². The van der Waals surface area contributed by atoms with Crippen molar-refractivity contribution >= 4 is 5.78 Å².